The minimum atomic E-state index is -0.597. The van der Waals surface area contributed by atoms with Crippen LogP contribution in [0.3, 0.4) is 0 Å². The largest absolute Gasteiger partial charge is 0.452 e. The van der Waals surface area contributed by atoms with Crippen LogP contribution in [0.15, 0.2) is 47.1 Å². The molecule has 0 atom stereocenters. The number of aromatic nitrogens is 3. The third-order valence-electron chi connectivity index (χ3n) is 3.39. The summed E-state index contributed by atoms with van der Waals surface area (Å²) in [6.07, 6.45) is 2.46. The molecule has 0 fully saturated rings. The number of hydrogen-bond acceptors (Lipinski definition) is 6. The summed E-state index contributed by atoms with van der Waals surface area (Å²) >= 11 is 5.85. The Kier molecular flexibility index (Phi) is 4.86. The van der Waals surface area contributed by atoms with E-state index in [0.29, 0.717) is 5.82 Å². The number of esters is 1. The molecule has 0 N–H and O–H groups in total. The number of carbonyl (C=O) groups is 1. The van der Waals surface area contributed by atoms with Crippen LogP contribution in [-0.4, -0.2) is 21.1 Å². The Labute approximate surface area is 143 Å². The molecule has 1 aromatic carbocycles. The van der Waals surface area contributed by atoms with Crippen molar-refractivity contribution in [2.45, 2.75) is 20.0 Å². The number of rotatable bonds is 5. The third-order valence-corrected chi connectivity index (χ3v) is 3.70. The molecule has 122 valence electrons. The fourth-order valence-corrected chi connectivity index (χ4v) is 2.26. The molecule has 3 rings (SSSR count). The van der Waals surface area contributed by atoms with E-state index in [0.717, 1.165) is 12.0 Å². The number of carbonyl (C=O) groups excluding carboxylic acids is 1. The van der Waals surface area contributed by atoms with Gasteiger partial charge in [-0.3, -0.25) is 0 Å². The number of benzene rings is 1. The lowest BCUT2D eigenvalue weighted by Gasteiger charge is -2.02. The number of nitrogens with zero attached hydrogens (tertiary/aromatic N) is 3. The summed E-state index contributed by atoms with van der Waals surface area (Å²) in [6.45, 7) is 1.95. The second kappa shape index (κ2) is 7.23. The molecule has 0 aliphatic rings. The summed E-state index contributed by atoms with van der Waals surface area (Å²) in [5.41, 5.74) is 2.25. The Balaban J connectivity index is 1.66. The van der Waals surface area contributed by atoms with Gasteiger partial charge in [0.25, 0.3) is 5.89 Å². The van der Waals surface area contributed by atoms with Gasteiger partial charge in [-0.05, 0) is 24.1 Å². The molecule has 0 radical (unpaired) electrons. The molecule has 0 saturated heterocycles. The highest BCUT2D eigenvalue weighted by Gasteiger charge is 2.15. The van der Waals surface area contributed by atoms with Gasteiger partial charge >= 0.3 is 5.97 Å². The first-order valence-corrected chi connectivity index (χ1v) is 7.74. The van der Waals surface area contributed by atoms with Gasteiger partial charge in [0.05, 0.1) is 5.56 Å². The first kappa shape index (κ1) is 16.1. The summed E-state index contributed by atoms with van der Waals surface area (Å²) in [7, 11) is 0. The first-order chi connectivity index (χ1) is 11.7. The van der Waals surface area contributed by atoms with Gasteiger partial charge < -0.3 is 9.26 Å². The Morgan fingerprint density at radius 3 is 2.75 bits per heavy atom. The van der Waals surface area contributed by atoms with Gasteiger partial charge in [0.1, 0.15) is 5.15 Å². The predicted molar refractivity (Wildman–Crippen MR) is 87.5 cm³/mol. The van der Waals surface area contributed by atoms with Gasteiger partial charge in [-0.15, -0.1) is 0 Å². The van der Waals surface area contributed by atoms with Gasteiger partial charge in [0.2, 0.25) is 5.82 Å². The van der Waals surface area contributed by atoms with Crippen molar-refractivity contribution in [3.8, 4) is 11.4 Å². The molecule has 2 aromatic heterocycles. The molecule has 6 nitrogen and oxygen atoms in total. The monoisotopic (exact) mass is 343 g/mol. The minimum absolute atomic E-state index is 0.0877. The van der Waals surface area contributed by atoms with Crippen LogP contribution in [-0.2, 0) is 17.8 Å². The van der Waals surface area contributed by atoms with E-state index in [1.54, 1.807) is 6.07 Å². The maximum atomic E-state index is 11.9. The average molecular weight is 344 g/mol. The predicted octanol–water partition coefficient (Wildman–Crippen LogP) is 3.70. The Morgan fingerprint density at radius 1 is 1.25 bits per heavy atom. The molecule has 24 heavy (non-hydrogen) atoms. The fraction of sp³-hybridized carbons (Fsp3) is 0.176. The van der Waals surface area contributed by atoms with Crippen LogP contribution in [0, 0.1) is 0 Å². The van der Waals surface area contributed by atoms with Crippen molar-refractivity contribution in [1.82, 2.24) is 15.1 Å². The normalized spacial score (nSPS) is 10.6. The summed E-state index contributed by atoms with van der Waals surface area (Å²) < 4.78 is 10.2. The van der Waals surface area contributed by atoms with Crippen LogP contribution < -0.4 is 0 Å². The van der Waals surface area contributed by atoms with Crippen molar-refractivity contribution < 1.29 is 14.1 Å². The zero-order chi connectivity index (χ0) is 16.9. The summed E-state index contributed by atoms with van der Waals surface area (Å²) in [6, 6.07) is 11.0. The lowest BCUT2D eigenvalue weighted by atomic mass is 10.1. The van der Waals surface area contributed by atoms with E-state index in [1.807, 2.05) is 24.3 Å². The molecule has 0 aliphatic heterocycles. The quantitative estimate of drug-likeness (QED) is 0.519. The lowest BCUT2D eigenvalue weighted by molar-refractivity contribution is 0.0429. The second-order valence-electron chi connectivity index (χ2n) is 4.98. The van der Waals surface area contributed by atoms with E-state index in [9.17, 15) is 4.79 Å². The first-order valence-electron chi connectivity index (χ1n) is 7.37. The molecule has 0 unspecified atom stereocenters. The molecule has 0 amide bonds. The summed E-state index contributed by atoms with van der Waals surface area (Å²) in [5.74, 6) is 0.0567. The molecule has 3 aromatic rings. The van der Waals surface area contributed by atoms with Crippen molar-refractivity contribution in [2.24, 2.45) is 0 Å². The smallest absolute Gasteiger partial charge is 0.341 e. The van der Waals surface area contributed by atoms with Gasteiger partial charge in [-0.2, -0.15) is 4.98 Å². The topological polar surface area (TPSA) is 78.1 Å². The zero-order valence-electron chi connectivity index (χ0n) is 12.9. The van der Waals surface area contributed by atoms with Gasteiger partial charge in [0.15, 0.2) is 6.61 Å². The van der Waals surface area contributed by atoms with E-state index in [2.05, 4.69) is 22.0 Å². The molecular weight excluding hydrogens is 330 g/mol. The van der Waals surface area contributed by atoms with E-state index in [4.69, 9.17) is 20.9 Å². The number of ether oxygens (including phenoxy) is 1. The zero-order valence-corrected chi connectivity index (χ0v) is 13.7. The van der Waals surface area contributed by atoms with Crippen LogP contribution >= 0.6 is 11.6 Å². The molecule has 7 heteroatoms. The third kappa shape index (κ3) is 3.60. The van der Waals surface area contributed by atoms with Crippen molar-refractivity contribution >= 4 is 17.6 Å². The molecular formula is C17H14ClN3O3. The SMILES string of the molecule is CCc1ccc(-c2noc(COC(=O)c3cccnc3Cl)n2)cc1. The second-order valence-corrected chi connectivity index (χ2v) is 5.34. The molecule has 2 heterocycles. The van der Waals surface area contributed by atoms with Crippen LogP contribution in [0.25, 0.3) is 11.4 Å². The van der Waals surface area contributed by atoms with Gasteiger partial charge in [-0.1, -0.05) is 47.9 Å². The van der Waals surface area contributed by atoms with Crippen LogP contribution in [0.1, 0.15) is 28.7 Å². The van der Waals surface area contributed by atoms with Crippen molar-refractivity contribution in [2.75, 3.05) is 0 Å². The number of halogens is 1. The summed E-state index contributed by atoms with van der Waals surface area (Å²) in [5, 5.41) is 3.98. The number of hydrogen-bond donors (Lipinski definition) is 0. The van der Waals surface area contributed by atoms with E-state index in [-0.39, 0.29) is 23.2 Å². The number of aryl methyl sites for hydroxylation is 1. The Bertz CT molecular complexity index is 846. The standard InChI is InChI=1S/C17H14ClN3O3/c1-2-11-5-7-12(8-6-11)16-20-14(24-21-16)10-23-17(22)13-4-3-9-19-15(13)18/h3-9H,2,10H2,1H3. The average Bonchev–Trinajstić information content (AvgIpc) is 3.09. The Hall–Kier alpha value is -2.73. The Morgan fingerprint density at radius 2 is 2.04 bits per heavy atom. The molecule has 0 aliphatic carbocycles. The van der Waals surface area contributed by atoms with E-state index >= 15 is 0 Å². The van der Waals surface area contributed by atoms with Crippen LogP contribution in [0.2, 0.25) is 5.15 Å². The van der Waals surface area contributed by atoms with Gasteiger partial charge in [0, 0.05) is 11.8 Å². The van der Waals surface area contributed by atoms with Crippen molar-refractivity contribution in [3.63, 3.8) is 0 Å². The maximum absolute atomic E-state index is 11.9. The highest BCUT2D eigenvalue weighted by atomic mass is 35.5. The highest BCUT2D eigenvalue weighted by molar-refractivity contribution is 6.32. The molecule has 0 bridgehead atoms. The van der Waals surface area contributed by atoms with E-state index < -0.39 is 5.97 Å². The van der Waals surface area contributed by atoms with Crippen molar-refractivity contribution in [3.05, 3.63) is 64.8 Å². The van der Waals surface area contributed by atoms with Gasteiger partial charge in [-0.25, -0.2) is 9.78 Å². The molecule has 0 spiro atoms. The summed E-state index contributed by atoms with van der Waals surface area (Å²) in [4.78, 5) is 20.0. The van der Waals surface area contributed by atoms with E-state index in [1.165, 1.54) is 17.8 Å². The molecule has 0 saturated carbocycles. The van der Waals surface area contributed by atoms with Crippen LogP contribution in [0.4, 0.5) is 0 Å². The van der Waals surface area contributed by atoms with Crippen molar-refractivity contribution in [1.29, 1.82) is 0 Å². The minimum Gasteiger partial charge on any atom is -0.452 e. The lowest BCUT2D eigenvalue weighted by Crippen LogP contribution is -2.06. The maximum Gasteiger partial charge on any atom is 0.341 e. The highest BCUT2D eigenvalue weighted by Crippen LogP contribution is 2.18. The fourth-order valence-electron chi connectivity index (χ4n) is 2.06. The number of pyridine rings is 1. The van der Waals surface area contributed by atoms with Crippen LogP contribution in [0.5, 0.6) is 0 Å².